The lowest BCUT2D eigenvalue weighted by atomic mass is 10.4. The third-order valence-corrected chi connectivity index (χ3v) is 1.44. The zero-order chi connectivity index (χ0) is 8.41. The first-order chi connectivity index (χ1) is 4.21. The maximum Gasteiger partial charge on any atom is 0.128 e. The molecule has 0 unspecified atom stereocenters. The Bertz CT molecular complexity index is 85.6. The quantitative estimate of drug-likeness (QED) is 0.391. The van der Waals surface area contributed by atoms with Gasteiger partial charge in [0.15, 0.2) is 0 Å². The lowest BCUT2D eigenvalue weighted by Crippen LogP contribution is -3.00. The number of halogens is 1. The normalized spacial score (nSPS) is 12.5. The summed E-state index contributed by atoms with van der Waals surface area (Å²) in [6.07, 6.45) is 0. The molecule has 0 heterocycles. The van der Waals surface area contributed by atoms with Crippen molar-refractivity contribution in [3.05, 3.63) is 0 Å². The van der Waals surface area contributed by atoms with Gasteiger partial charge in [-0.1, -0.05) is 0 Å². The summed E-state index contributed by atoms with van der Waals surface area (Å²) in [5.74, 6) is 0. The molecule has 70 valence electrons. The molecule has 0 fully saturated rings. The number of hydrogen-bond acceptors (Lipinski definition) is 0. The Hall–Kier alpha value is 0.650. The van der Waals surface area contributed by atoms with Crippen molar-refractivity contribution in [1.82, 2.24) is 0 Å². The monoisotopic (exact) mass is 273 g/mol. The van der Waals surface area contributed by atoms with E-state index in [-0.39, 0.29) is 24.0 Å². The van der Waals surface area contributed by atoms with E-state index in [4.69, 9.17) is 0 Å². The average molecular weight is 273 g/mol. The van der Waals surface area contributed by atoms with E-state index in [0.717, 1.165) is 8.97 Å². The molecular formula is C8H22IN2+. The third-order valence-electron chi connectivity index (χ3n) is 1.44. The highest BCUT2D eigenvalue weighted by atomic mass is 127. The summed E-state index contributed by atoms with van der Waals surface area (Å²) >= 11 is 0. The number of hydrogen-bond donors (Lipinski definition) is 0. The summed E-state index contributed by atoms with van der Waals surface area (Å²) < 4.78 is 2.13. The van der Waals surface area contributed by atoms with E-state index < -0.39 is 0 Å². The van der Waals surface area contributed by atoms with Gasteiger partial charge in [-0.05, 0) is 0 Å². The van der Waals surface area contributed by atoms with E-state index in [2.05, 4.69) is 42.3 Å². The largest absolute Gasteiger partial charge is 1.00 e. The molecule has 0 aromatic carbocycles. The molecule has 0 saturated carbocycles. The fourth-order valence-corrected chi connectivity index (χ4v) is 0.600. The van der Waals surface area contributed by atoms with Crippen LogP contribution in [0.4, 0.5) is 0 Å². The molecule has 0 atom stereocenters. The van der Waals surface area contributed by atoms with Crippen molar-refractivity contribution in [3.8, 4) is 0 Å². The maximum absolute atomic E-state index is 2.23. The standard InChI is InChI=1S/C8H22N2.HI/c1-9(2,3)7-8-10(4,5)6;/h7-8H2,1-6H3;1H/q+2;/p-1. The summed E-state index contributed by atoms with van der Waals surface area (Å²) in [5, 5.41) is 0. The van der Waals surface area contributed by atoms with E-state index in [1.165, 1.54) is 13.1 Å². The van der Waals surface area contributed by atoms with Gasteiger partial charge in [-0.2, -0.15) is 0 Å². The summed E-state index contributed by atoms with van der Waals surface area (Å²) in [6.45, 7) is 2.48. The van der Waals surface area contributed by atoms with Gasteiger partial charge >= 0.3 is 0 Å². The fraction of sp³-hybridized carbons (Fsp3) is 1.00. The van der Waals surface area contributed by atoms with Crippen molar-refractivity contribution in [3.63, 3.8) is 0 Å². The van der Waals surface area contributed by atoms with Crippen molar-refractivity contribution in [2.24, 2.45) is 0 Å². The predicted molar refractivity (Wildman–Crippen MR) is 45.8 cm³/mol. The molecule has 0 spiro atoms. The van der Waals surface area contributed by atoms with Crippen LogP contribution in [0.15, 0.2) is 0 Å². The van der Waals surface area contributed by atoms with Crippen LogP contribution in [-0.2, 0) is 0 Å². The summed E-state index contributed by atoms with van der Waals surface area (Å²) in [7, 11) is 13.4. The highest BCUT2D eigenvalue weighted by molar-refractivity contribution is 4.26. The van der Waals surface area contributed by atoms with E-state index >= 15 is 0 Å². The van der Waals surface area contributed by atoms with Crippen molar-refractivity contribution in [2.45, 2.75) is 0 Å². The van der Waals surface area contributed by atoms with Crippen LogP contribution in [0.3, 0.4) is 0 Å². The van der Waals surface area contributed by atoms with E-state index in [9.17, 15) is 0 Å². The molecule has 0 amide bonds. The number of rotatable bonds is 3. The number of nitrogens with zero attached hydrogens (tertiary/aromatic N) is 2. The van der Waals surface area contributed by atoms with Gasteiger partial charge in [0.05, 0.1) is 42.3 Å². The average Bonchev–Trinajstić information content (AvgIpc) is 1.57. The maximum atomic E-state index is 2.23. The van der Waals surface area contributed by atoms with Crippen LogP contribution in [0, 0.1) is 0 Å². The van der Waals surface area contributed by atoms with Crippen LogP contribution in [0.25, 0.3) is 0 Å². The Balaban J connectivity index is 0. The first-order valence-electron chi connectivity index (χ1n) is 3.82. The van der Waals surface area contributed by atoms with E-state index in [0.29, 0.717) is 0 Å². The lowest BCUT2D eigenvalue weighted by molar-refractivity contribution is -0.927. The van der Waals surface area contributed by atoms with Gasteiger partial charge in [-0.3, -0.25) is 0 Å². The zero-order valence-corrected chi connectivity index (χ0v) is 10.8. The van der Waals surface area contributed by atoms with Gasteiger partial charge in [0, 0.05) is 0 Å². The third kappa shape index (κ3) is 13.6. The Labute approximate surface area is 88.4 Å². The molecular weight excluding hydrogens is 251 g/mol. The molecule has 0 aliphatic heterocycles. The molecule has 11 heavy (non-hydrogen) atoms. The van der Waals surface area contributed by atoms with E-state index in [1.54, 1.807) is 0 Å². The van der Waals surface area contributed by atoms with Crippen LogP contribution in [0.1, 0.15) is 0 Å². The van der Waals surface area contributed by atoms with Gasteiger partial charge < -0.3 is 32.9 Å². The molecule has 0 aliphatic rings. The highest BCUT2D eigenvalue weighted by Crippen LogP contribution is 1.94. The zero-order valence-electron chi connectivity index (χ0n) is 8.69. The van der Waals surface area contributed by atoms with Crippen LogP contribution in [-0.4, -0.2) is 64.3 Å². The molecule has 2 nitrogen and oxygen atoms in total. The SMILES string of the molecule is C[N+](C)(C)CC[N+](C)(C)C.[I-]. The molecule has 0 saturated heterocycles. The van der Waals surface area contributed by atoms with Crippen LogP contribution in [0.2, 0.25) is 0 Å². The summed E-state index contributed by atoms with van der Waals surface area (Å²) in [6, 6.07) is 0. The van der Waals surface area contributed by atoms with Gasteiger partial charge in [-0.15, -0.1) is 0 Å². The second kappa shape index (κ2) is 4.62. The Morgan fingerprint density at radius 3 is 0.909 bits per heavy atom. The van der Waals surface area contributed by atoms with Crippen LogP contribution < -0.4 is 24.0 Å². The minimum absolute atomic E-state index is 0. The first-order valence-corrected chi connectivity index (χ1v) is 3.82. The molecule has 0 N–H and O–H groups in total. The van der Waals surface area contributed by atoms with Crippen molar-refractivity contribution < 1.29 is 32.9 Å². The molecule has 0 aromatic rings. The molecule has 0 aromatic heterocycles. The van der Waals surface area contributed by atoms with Crippen LogP contribution in [0.5, 0.6) is 0 Å². The molecule has 0 bridgehead atoms. The van der Waals surface area contributed by atoms with E-state index in [1.807, 2.05) is 0 Å². The fourth-order valence-electron chi connectivity index (χ4n) is 0.600. The van der Waals surface area contributed by atoms with Crippen LogP contribution >= 0.6 is 0 Å². The second-order valence-electron chi connectivity index (χ2n) is 5.03. The van der Waals surface area contributed by atoms with Crippen molar-refractivity contribution in [2.75, 3.05) is 55.4 Å². The van der Waals surface area contributed by atoms with Gasteiger partial charge in [-0.25, -0.2) is 0 Å². The smallest absolute Gasteiger partial charge is 0.128 e. The van der Waals surface area contributed by atoms with Gasteiger partial charge in [0.2, 0.25) is 0 Å². The minimum Gasteiger partial charge on any atom is -1.00 e. The summed E-state index contributed by atoms with van der Waals surface area (Å²) in [5.41, 5.74) is 0. The van der Waals surface area contributed by atoms with Crippen molar-refractivity contribution >= 4 is 0 Å². The van der Waals surface area contributed by atoms with Gasteiger partial charge in [0.25, 0.3) is 0 Å². The molecule has 0 aliphatic carbocycles. The molecule has 3 heteroatoms. The van der Waals surface area contributed by atoms with Crippen molar-refractivity contribution in [1.29, 1.82) is 0 Å². The highest BCUT2D eigenvalue weighted by Gasteiger charge is 2.13. The Morgan fingerprint density at radius 1 is 0.636 bits per heavy atom. The minimum atomic E-state index is 0. The second-order valence-corrected chi connectivity index (χ2v) is 5.03. The lowest BCUT2D eigenvalue weighted by Gasteiger charge is -2.30. The number of quaternary nitrogens is 2. The molecule has 0 rings (SSSR count). The topological polar surface area (TPSA) is 0 Å². The van der Waals surface area contributed by atoms with Gasteiger partial charge in [0.1, 0.15) is 13.1 Å². The Morgan fingerprint density at radius 2 is 0.818 bits per heavy atom. The summed E-state index contributed by atoms with van der Waals surface area (Å²) in [4.78, 5) is 0. The molecule has 0 radical (unpaired) electrons. The predicted octanol–water partition coefficient (Wildman–Crippen LogP) is -2.60. The first kappa shape index (κ1) is 14.2. The Kier molecular flexibility index (Phi) is 5.96. The number of likely N-dealkylation sites (N-methyl/N-ethyl adjacent to an activating group) is 2.